The molecule has 0 saturated heterocycles. The van der Waals surface area contributed by atoms with Crippen LogP contribution in [0, 0.1) is 19.8 Å². The molecule has 0 saturated carbocycles. The minimum atomic E-state index is 0.284. The molecule has 0 aliphatic heterocycles. The summed E-state index contributed by atoms with van der Waals surface area (Å²) in [7, 11) is 0. The Labute approximate surface area is 122 Å². The van der Waals surface area contributed by atoms with Crippen LogP contribution in [0.25, 0.3) is 0 Å². The van der Waals surface area contributed by atoms with Gasteiger partial charge in [-0.05, 0) is 32.3 Å². The summed E-state index contributed by atoms with van der Waals surface area (Å²) >= 11 is 0. The first-order valence-electron chi connectivity index (χ1n) is 7.33. The van der Waals surface area contributed by atoms with Gasteiger partial charge in [-0.1, -0.05) is 43.7 Å². The topological polar surface area (TPSA) is 29.9 Å². The highest BCUT2D eigenvalue weighted by Gasteiger charge is 2.13. The van der Waals surface area contributed by atoms with Crippen LogP contribution >= 0.6 is 0 Å². The number of rotatable bonds is 5. The van der Waals surface area contributed by atoms with Crippen molar-refractivity contribution < 1.29 is 0 Å². The molecule has 0 spiro atoms. The van der Waals surface area contributed by atoms with Gasteiger partial charge in [0.25, 0.3) is 0 Å². The van der Waals surface area contributed by atoms with Crippen LogP contribution in [0.4, 0.5) is 5.95 Å². The first-order chi connectivity index (χ1) is 9.47. The Morgan fingerprint density at radius 3 is 2.35 bits per heavy atom. The van der Waals surface area contributed by atoms with Crippen molar-refractivity contribution in [3.8, 4) is 0 Å². The first-order valence-corrected chi connectivity index (χ1v) is 7.33. The van der Waals surface area contributed by atoms with E-state index < -0.39 is 0 Å². The first kappa shape index (κ1) is 14.6. The van der Waals surface area contributed by atoms with E-state index in [0.717, 1.165) is 18.2 Å². The molecule has 0 radical (unpaired) electrons. The van der Waals surface area contributed by atoms with Crippen LogP contribution < -0.4 is 5.32 Å². The molecule has 108 valence electrons. The van der Waals surface area contributed by atoms with E-state index in [9.17, 15) is 0 Å². The Balaban J connectivity index is 2.24. The number of nitrogens with one attached hydrogen (secondary N) is 1. The molecule has 0 aliphatic rings. The van der Waals surface area contributed by atoms with E-state index in [4.69, 9.17) is 0 Å². The number of benzene rings is 1. The number of imidazole rings is 1. The van der Waals surface area contributed by atoms with Crippen LogP contribution in [0.3, 0.4) is 0 Å². The molecule has 0 fully saturated rings. The fourth-order valence-electron chi connectivity index (χ4n) is 2.24. The number of nitrogens with zero attached hydrogens (tertiary/aromatic N) is 2. The monoisotopic (exact) mass is 271 g/mol. The van der Waals surface area contributed by atoms with E-state index >= 15 is 0 Å². The van der Waals surface area contributed by atoms with Gasteiger partial charge in [0.05, 0.1) is 11.7 Å². The summed E-state index contributed by atoms with van der Waals surface area (Å²) in [6.45, 7) is 11.7. The molecule has 0 aliphatic carbocycles. The number of hydrogen-bond donors (Lipinski definition) is 1. The van der Waals surface area contributed by atoms with Crippen molar-refractivity contribution >= 4 is 5.95 Å². The normalized spacial score (nSPS) is 12.7. The van der Waals surface area contributed by atoms with Gasteiger partial charge in [0.2, 0.25) is 5.95 Å². The standard InChI is InChI=1S/C17H25N3/c1-12(2)10-18-17-19-14(4)11-20(17)15(5)16-8-6-13(3)7-9-16/h6-9,11-12,15H,10H2,1-5H3,(H,18,19). The zero-order valence-corrected chi connectivity index (χ0v) is 13.1. The average molecular weight is 271 g/mol. The van der Waals surface area contributed by atoms with E-state index in [1.54, 1.807) is 0 Å². The van der Waals surface area contributed by atoms with Crippen LogP contribution in [0.15, 0.2) is 30.5 Å². The van der Waals surface area contributed by atoms with E-state index in [0.29, 0.717) is 5.92 Å². The van der Waals surface area contributed by atoms with Crippen LogP contribution in [0.5, 0.6) is 0 Å². The third kappa shape index (κ3) is 3.41. The van der Waals surface area contributed by atoms with Gasteiger partial charge < -0.3 is 9.88 Å². The van der Waals surface area contributed by atoms with Gasteiger partial charge in [-0.15, -0.1) is 0 Å². The van der Waals surface area contributed by atoms with E-state index in [1.807, 2.05) is 6.92 Å². The summed E-state index contributed by atoms with van der Waals surface area (Å²) in [4.78, 5) is 4.60. The minimum absolute atomic E-state index is 0.284. The highest BCUT2D eigenvalue weighted by molar-refractivity contribution is 5.33. The van der Waals surface area contributed by atoms with Crippen molar-refractivity contribution in [1.29, 1.82) is 0 Å². The summed E-state index contributed by atoms with van der Waals surface area (Å²) < 4.78 is 2.22. The molecular weight excluding hydrogens is 246 g/mol. The predicted molar refractivity (Wildman–Crippen MR) is 85.3 cm³/mol. The SMILES string of the molecule is Cc1ccc(C(C)n2cc(C)nc2NCC(C)C)cc1. The molecule has 2 aromatic rings. The van der Waals surface area contributed by atoms with Gasteiger partial charge in [-0.25, -0.2) is 4.98 Å². The zero-order valence-electron chi connectivity index (χ0n) is 13.1. The van der Waals surface area contributed by atoms with Gasteiger partial charge >= 0.3 is 0 Å². The molecule has 1 heterocycles. The summed E-state index contributed by atoms with van der Waals surface area (Å²) in [5.74, 6) is 1.57. The van der Waals surface area contributed by atoms with Gasteiger partial charge in [0.15, 0.2) is 0 Å². The van der Waals surface area contributed by atoms with Crippen molar-refractivity contribution in [3.63, 3.8) is 0 Å². The zero-order chi connectivity index (χ0) is 14.7. The maximum atomic E-state index is 4.60. The van der Waals surface area contributed by atoms with Crippen LogP contribution in [-0.4, -0.2) is 16.1 Å². The molecule has 0 amide bonds. The molecular formula is C17H25N3. The Morgan fingerprint density at radius 1 is 1.10 bits per heavy atom. The molecule has 3 nitrogen and oxygen atoms in total. The smallest absolute Gasteiger partial charge is 0.203 e. The maximum absolute atomic E-state index is 4.60. The molecule has 1 aromatic heterocycles. The Hall–Kier alpha value is -1.77. The van der Waals surface area contributed by atoms with E-state index in [2.05, 4.69) is 73.0 Å². The van der Waals surface area contributed by atoms with Crippen molar-refractivity contribution in [2.24, 2.45) is 5.92 Å². The second-order valence-corrected chi connectivity index (χ2v) is 5.97. The lowest BCUT2D eigenvalue weighted by molar-refractivity contribution is 0.628. The number of aromatic nitrogens is 2. The maximum Gasteiger partial charge on any atom is 0.203 e. The van der Waals surface area contributed by atoms with Crippen molar-refractivity contribution in [3.05, 3.63) is 47.3 Å². The number of anilines is 1. The summed E-state index contributed by atoms with van der Waals surface area (Å²) in [5.41, 5.74) is 3.65. The fourth-order valence-corrected chi connectivity index (χ4v) is 2.24. The van der Waals surface area contributed by atoms with Crippen LogP contribution in [-0.2, 0) is 0 Å². The molecule has 1 unspecified atom stereocenters. The second-order valence-electron chi connectivity index (χ2n) is 5.97. The Kier molecular flexibility index (Phi) is 4.48. The van der Waals surface area contributed by atoms with Crippen molar-refractivity contribution in [1.82, 2.24) is 9.55 Å². The quantitative estimate of drug-likeness (QED) is 0.884. The van der Waals surface area contributed by atoms with Gasteiger partial charge in [-0.2, -0.15) is 0 Å². The minimum Gasteiger partial charge on any atom is -0.355 e. The van der Waals surface area contributed by atoms with Gasteiger partial charge in [0, 0.05) is 12.7 Å². The lowest BCUT2D eigenvalue weighted by Gasteiger charge is -2.18. The number of aryl methyl sites for hydroxylation is 2. The number of hydrogen-bond acceptors (Lipinski definition) is 2. The molecule has 1 atom stereocenters. The Morgan fingerprint density at radius 2 is 1.75 bits per heavy atom. The van der Waals surface area contributed by atoms with E-state index in [1.165, 1.54) is 11.1 Å². The largest absolute Gasteiger partial charge is 0.355 e. The summed E-state index contributed by atoms with van der Waals surface area (Å²) in [6.07, 6.45) is 2.12. The molecule has 2 rings (SSSR count). The highest BCUT2D eigenvalue weighted by Crippen LogP contribution is 2.23. The average Bonchev–Trinajstić information content (AvgIpc) is 2.77. The molecule has 0 bridgehead atoms. The van der Waals surface area contributed by atoms with Gasteiger partial charge in [-0.3, -0.25) is 0 Å². The lowest BCUT2D eigenvalue weighted by Crippen LogP contribution is -2.15. The van der Waals surface area contributed by atoms with Crippen molar-refractivity contribution in [2.45, 2.75) is 40.7 Å². The highest BCUT2D eigenvalue weighted by atomic mass is 15.2. The van der Waals surface area contributed by atoms with Crippen LogP contribution in [0.2, 0.25) is 0 Å². The van der Waals surface area contributed by atoms with Gasteiger partial charge in [0.1, 0.15) is 0 Å². The summed E-state index contributed by atoms with van der Waals surface area (Å²) in [6, 6.07) is 9.00. The van der Waals surface area contributed by atoms with Crippen LogP contribution in [0.1, 0.15) is 43.6 Å². The lowest BCUT2D eigenvalue weighted by atomic mass is 10.1. The third-order valence-corrected chi connectivity index (χ3v) is 3.50. The third-order valence-electron chi connectivity index (χ3n) is 3.50. The van der Waals surface area contributed by atoms with Crippen molar-refractivity contribution in [2.75, 3.05) is 11.9 Å². The molecule has 1 N–H and O–H groups in total. The molecule has 20 heavy (non-hydrogen) atoms. The predicted octanol–water partition coefficient (Wildman–Crippen LogP) is 4.18. The second kappa shape index (κ2) is 6.12. The van der Waals surface area contributed by atoms with E-state index in [-0.39, 0.29) is 6.04 Å². The molecule has 1 aromatic carbocycles. The molecule has 3 heteroatoms. The Bertz CT molecular complexity index is 552. The summed E-state index contributed by atoms with van der Waals surface area (Å²) in [5, 5.41) is 3.45. The fraction of sp³-hybridized carbons (Fsp3) is 0.471.